The van der Waals surface area contributed by atoms with Gasteiger partial charge in [0.25, 0.3) is 0 Å². The second-order valence-corrected chi connectivity index (χ2v) is 4.56. The molecule has 104 valence electrons. The van der Waals surface area contributed by atoms with E-state index in [-0.39, 0.29) is 36.7 Å². The molecular formula is C12H18Cl3FN2. The number of rotatable bonds is 2. The molecule has 2 nitrogen and oxygen atoms in total. The number of benzene rings is 1. The first-order chi connectivity index (χ1) is 7.68. The van der Waals surface area contributed by atoms with Gasteiger partial charge in [-0.1, -0.05) is 17.7 Å². The van der Waals surface area contributed by atoms with Crippen molar-refractivity contribution in [2.45, 2.75) is 13.0 Å². The Balaban J connectivity index is 0.00000144. The maximum Gasteiger partial charge on any atom is 0.129 e. The van der Waals surface area contributed by atoms with E-state index in [2.05, 4.69) is 10.2 Å². The first-order valence-electron chi connectivity index (χ1n) is 5.58. The Bertz CT molecular complexity index is 370. The van der Waals surface area contributed by atoms with Crippen LogP contribution in [0.1, 0.15) is 18.5 Å². The molecule has 1 atom stereocenters. The average molecular weight is 316 g/mol. The topological polar surface area (TPSA) is 15.3 Å². The van der Waals surface area contributed by atoms with Crippen molar-refractivity contribution >= 4 is 36.4 Å². The molecule has 6 heteroatoms. The van der Waals surface area contributed by atoms with Crippen LogP contribution in [0.4, 0.5) is 4.39 Å². The molecule has 0 saturated carbocycles. The van der Waals surface area contributed by atoms with Gasteiger partial charge in [-0.05, 0) is 19.1 Å². The average Bonchev–Trinajstić information content (AvgIpc) is 2.29. The molecule has 0 amide bonds. The lowest BCUT2D eigenvalue weighted by atomic mass is 10.1. The standard InChI is InChI=1S/C12H16ClFN2.2ClH/c1-9(16-6-4-15-5-7-16)11-3-2-10(13)8-12(11)14;;/h2-3,8-9,15H,4-7H2,1H3;2*1H/t9-;;/m0../s1. The molecule has 1 heterocycles. The van der Waals surface area contributed by atoms with Crippen molar-refractivity contribution in [3.05, 3.63) is 34.6 Å². The van der Waals surface area contributed by atoms with Crippen molar-refractivity contribution in [2.75, 3.05) is 26.2 Å². The third-order valence-electron chi connectivity index (χ3n) is 3.11. The Morgan fingerprint density at radius 2 is 1.89 bits per heavy atom. The van der Waals surface area contributed by atoms with Crippen LogP contribution in [-0.2, 0) is 0 Å². The first kappa shape index (κ1) is 17.9. The van der Waals surface area contributed by atoms with Crippen molar-refractivity contribution in [2.24, 2.45) is 0 Å². The molecule has 0 radical (unpaired) electrons. The van der Waals surface area contributed by atoms with E-state index in [1.165, 1.54) is 6.07 Å². The number of nitrogens with one attached hydrogen (secondary N) is 1. The van der Waals surface area contributed by atoms with Gasteiger partial charge in [-0.15, -0.1) is 24.8 Å². The number of hydrogen-bond donors (Lipinski definition) is 1. The Morgan fingerprint density at radius 1 is 1.28 bits per heavy atom. The highest BCUT2D eigenvalue weighted by Gasteiger charge is 2.20. The predicted molar refractivity (Wildman–Crippen MR) is 78.8 cm³/mol. The van der Waals surface area contributed by atoms with Crippen LogP contribution in [0, 0.1) is 5.82 Å². The summed E-state index contributed by atoms with van der Waals surface area (Å²) >= 11 is 5.74. The summed E-state index contributed by atoms with van der Waals surface area (Å²) in [4.78, 5) is 2.28. The number of piperazine rings is 1. The normalized spacial score (nSPS) is 17.5. The highest BCUT2D eigenvalue weighted by atomic mass is 35.5. The summed E-state index contributed by atoms with van der Waals surface area (Å²) in [6.07, 6.45) is 0. The molecule has 1 saturated heterocycles. The second kappa shape index (κ2) is 8.18. The lowest BCUT2D eigenvalue weighted by Crippen LogP contribution is -2.44. The monoisotopic (exact) mass is 314 g/mol. The fraction of sp³-hybridized carbons (Fsp3) is 0.500. The van der Waals surface area contributed by atoms with Crippen LogP contribution >= 0.6 is 36.4 Å². The van der Waals surface area contributed by atoms with Gasteiger partial charge in [0, 0.05) is 42.8 Å². The van der Waals surface area contributed by atoms with Crippen LogP contribution in [0.5, 0.6) is 0 Å². The van der Waals surface area contributed by atoms with E-state index < -0.39 is 0 Å². The Kier molecular flexibility index (Phi) is 8.15. The van der Waals surface area contributed by atoms with E-state index >= 15 is 0 Å². The smallest absolute Gasteiger partial charge is 0.129 e. The summed E-state index contributed by atoms with van der Waals surface area (Å²) in [5, 5.41) is 3.74. The molecule has 1 aliphatic rings. The van der Waals surface area contributed by atoms with Gasteiger partial charge in [0.15, 0.2) is 0 Å². The van der Waals surface area contributed by atoms with E-state index in [1.54, 1.807) is 12.1 Å². The third-order valence-corrected chi connectivity index (χ3v) is 3.35. The molecule has 1 aromatic rings. The van der Waals surface area contributed by atoms with Crippen molar-refractivity contribution < 1.29 is 4.39 Å². The van der Waals surface area contributed by atoms with Gasteiger partial charge in [-0.2, -0.15) is 0 Å². The van der Waals surface area contributed by atoms with E-state index in [0.29, 0.717) is 5.02 Å². The summed E-state index contributed by atoms with van der Waals surface area (Å²) in [7, 11) is 0. The number of hydrogen-bond acceptors (Lipinski definition) is 2. The van der Waals surface area contributed by atoms with Crippen molar-refractivity contribution in [1.29, 1.82) is 0 Å². The third kappa shape index (κ3) is 4.25. The lowest BCUT2D eigenvalue weighted by molar-refractivity contribution is 0.182. The van der Waals surface area contributed by atoms with Crippen molar-refractivity contribution in [3.63, 3.8) is 0 Å². The molecular weight excluding hydrogens is 298 g/mol. The fourth-order valence-electron chi connectivity index (χ4n) is 2.11. The summed E-state index contributed by atoms with van der Waals surface area (Å²) in [6.45, 7) is 5.91. The highest BCUT2D eigenvalue weighted by molar-refractivity contribution is 6.30. The van der Waals surface area contributed by atoms with E-state index in [1.807, 2.05) is 6.92 Å². The molecule has 1 aliphatic heterocycles. The highest BCUT2D eigenvalue weighted by Crippen LogP contribution is 2.25. The number of nitrogens with zero attached hydrogens (tertiary/aromatic N) is 1. The Labute approximate surface area is 125 Å². The van der Waals surface area contributed by atoms with Crippen LogP contribution in [0.3, 0.4) is 0 Å². The molecule has 0 unspecified atom stereocenters. The second-order valence-electron chi connectivity index (χ2n) is 4.13. The maximum atomic E-state index is 13.7. The molecule has 0 spiro atoms. The summed E-state index contributed by atoms with van der Waals surface area (Å²) < 4.78 is 13.7. The maximum absolute atomic E-state index is 13.7. The molecule has 1 fully saturated rings. The van der Waals surface area contributed by atoms with Gasteiger partial charge in [-0.3, -0.25) is 4.90 Å². The SMILES string of the molecule is C[C@@H](c1ccc(Cl)cc1F)N1CCNCC1.Cl.Cl. The van der Waals surface area contributed by atoms with Crippen molar-refractivity contribution in [1.82, 2.24) is 10.2 Å². The Hall–Kier alpha value is -0.0600. The number of halogens is 4. The zero-order chi connectivity index (χ0) is 11.5. The van der Waals surface area contributed by atoms with Crippen LogP contribution in [0.2, 0.25) is 5.02 Å². The van der Waals surface area contributed by atoms with E-state index in [4.69, 9.17) is 11.6 Å². The largest absolute Gasteiger partial charge is 0.314 e. The molecule has 0 aliphatic carbocycles. The van der Waals surface area contributed by atoms with Gasteiger partial charge in [0.05, 0.1) is 0 Å². The zero-order valence-corrected chi connectivity index (χ0v) is 12.5. The lowest BCUT2D eigenvalue weighted by Gasteiger charge is -2.33. The van der Waals surface area contributed by atoms with E-state index in [0.717, 1.165) is 31.7 Å². The van der Waals surface area contributed by atoms with Crippen LogP contribution in [0.15, 0.2) is 18.2 Å². The van der Waals surface area contributed by atoms with E-state index in [9.17, 15) is 4.39 Å². The van der Waals surface area contributed by atoms with Gasteiger partial charge in [-0.25, -0.2) is 4.39 Å². The summed E-state index contributed by atoms with van der Waals surface area (Å²) in [5.41, 5.74) is 0.728. The van der Waals surface area contributed by atoms with Crippen LogP contribution in [-0.4, -0.2) is 31.1 Å². The molecule has 2 rings (SSSR count). The minimum Gasteiger partial charge on any atom is -0.314 e. The predicted octanol–water partition coefficient (Wildman–Crippen LogP) is 3.29. The van der Waals surface area contributed by atoms with Gasteiger partial charge in [0.1, 0.15) is 5.82 Å². The molecule has 18 heavy (non-hydrogen) atoms. The molecule has 0 bridgehead atoms. The minimum absolute atomic E-state index is 0. The van der Waals surface area contributed by atoms with Gasteiger partial charge >= 0.3 is 0 Å². The molecule has 0 aromatic heterocycles. The van der Waals surface area contributed by atoms with Crippen LogP contribution < -0.4 is 5.32 Å². The summed E-state index contributed by atoms with van der Waals surface area (Å²) in [5.74, 6) is -0.210. The van der Waals surface area contributed by atoms with Crippen molar-refractivity contribution in [3.8, 4) is 0 Å². The molecule has 1 N–H and O–H groups in total. The first-order valence-corrected chi connectivity index (χ1v) is 5.96. The molecule has 1 aromatic carbocycles. The van der Waals surface area contributed by atoms with Gasteiger partial charge < -0.3 is 5.32 Å². The quantitative estimate of drug-likeness (QED) is 0.901. The van der Waals surface area contributed by atoms with Crippen LogP contribution in [0.25, 0.3) is 0 Å². The summed E-state index contributed by atoms with van der Waals surface area (Å²) in [6, 6.07) is 5.03. The fourth-order valence-corrected chi connectivity index (χ4v) is 2.27. The zero-order valence-electron chi connectivity index (χ0n) is 10.2. The minimum atomic E-state index is -0.210. The van der Waals surface area contributed by atoms with Gasteiger partial charge in [0.2, 0.25) is 0 Å². The Morgan fingerprint density at radius 3 is 2.44 bits per heavy atom.